The molecule has 0 spiro atoms. The topological polar surface area (TPSA) is 177 Å². The maximum absolute atomic E-state index is 13.0. The second kappa shape index (κ2) is 13.2. The summed E-state index contributed by atoms with van der Waals surface area (Å²) in [6.07, 6.45) is 1.63. The number of aromatic hydroxyl groups is 1. The first kappa shape index (κ1) is 31.6. The summed E-state index contributed by atoms with van der Waals surface area (Å²) in [6.45, 7) is 4.83. The molecule has 0 saturated carbocycles. The van der Waals surface area contributed by atoms with Gasteiger partial charge in [-0.2, -0.15) is 4.31 Å². The Morgan fingerprint density at radius 3 is 2.25 bits per heavy atom. The molecular weight excluding hydrogens is 560 g/mol. The summed E-state index contributed by atoms with van der Waals surface area (Å²) in [6, 6.07) is 10.9. The van der Waals surface area contributed by atoms with E-state index in [-0.39, 0.29) is 41.4 Å². The van der Waals surface area contributed by atoms with Gasteiger partial charge in [-0.25, -0.2) is 16.8 Å². The Bertz CT molecular complexity index is 1370. The Kier molecular flexibility index (Phi) is 10.4. The minimum atomic E-state index is -3.95. The van der Waals surface area contributed by atoms with Crippen LogP contribution in [0.15, 0.2) is 47.4 Å². The van der Waals surface area contributed by atoms with Gasteiger partial charge in [0.05, 0.1) is 22.9 Å². The predicted octanol–water partition coefficient (Wildman–Crippen LogP) is 1.79. The van der Waals surface area contributed by atoms with Crippen molar-refractivity contribution in [3.8, 4) is 5.75 Å². The number of benzene rings is 2. The maximum Gasteiger partial charge on any atom is 0.318 e. The summed E-state index contributed by atoms with van der Waals surface area (Å²) < 4.78 is 52.3. The summed E-state index contributed by atoms with van der Waals surface area (Å²) in [5.41, 5.74) is 1.32. The Balaban J connectivity index is 1.55. The third-order valence-electron chi connectivity index (χ3n) is 6.52. The van der Waals surface area contributed by atoms with Crippen molar-refractivity contribution in [1.82, 2.24) is 9.62 Å². The maximum atomic E-state index is 13.0. The van der Waals surface area contributed by atoms with Crippen LogP contribution in [0.2, 0.25) is 0 Å². The van der Waals surface area contributed by atoms with Crippen molar-refractivity contribution in [3.05, 3.63) is 48.0 Å². The lowest BCUT2D eigenvalue weighted by Gasteiger charge is -2.34. The molecule has 0 unspecified atom stereocenters. The van der Waals surface area contributed by atoms with E-state index in [4.69, 9.17) is 5.11 Å². The zero-order valence-corrected chi connectivity index (χ0v) is 24.5. The Labute approximate surface area is 235 Å². The van der Waals surface area contributed by atoms with Gasteiger partial charge < -0.3 is 25.5 Å². The van der Waals surface area contributed by atoms with Gasteiger partial charge in [0, 0.05) is 37.9 Å². The number of sulfonamides is 2. The second-order valence-electron chi connectivity index (χ2n) is 10.4. The molecule has 14 heteroatoms. The number of hydrogen-bond donors (Lipinski definition) is 5. The van der Waals surface area contributed by atoms with Crippen LogP contribution < -0.4 is 14.9 Å². The second-order valence-corrected chi connectivity index (χ2v) is 14.1. The fraction of sp³-hybridized carbons (Fsp3) is 0.500. The molecular formula is C26H38N4O8S2. The van der Waals surface area contributed by atoms with Gasteiger partial charge in [0.1, 0.15) is 12.3 Å². The molecule has 2 aromatic rings. The number of carboxylic acids is 1. The van der Waals surface area contributed by atoms with Crippen LogP contribution in [0, 0.1) is 5.92 Å². The Hall–Kier alpha value is -2.91. The van der Waals surface area contributed by atoms with E-state index in [2.05, 4.69) is 14.9 Å². The average molecular weight is 599 g/mol. The molecule has 3 rings (SSSR count). The molecule has 40 heavy (non-hydrogen) atoms. The van der Waals surface area contributed by atoms with E-state index in [1.54, 1.807) is 12.1 Å². The van der Waals surface area contributed by atoms with Crippen LogP contribution in [0.3, 0.4) is 0 Å². The van der Waals surface area contributed by atoms with Crippen molar-refractivity contribution in [2.45, 2.75) is 43.7 Å². The number of anilines is 2. The van der Waals surface area contributed by atoms with Gasteiger partial charge in [0.15, 0.2) is 0 Å². The normalized spacial score (nSPS) is 15.9. The number of aliphatic carboxylic acids is 1. The molecule has 1 aliphatic rings. The summed E-state index contributed by atoms with van der Waals surface area (Å²) in [4.78, 5) is 13.4. The van der Waals surface area contributed by atoms with E-state index in [9.17, 15) is 31.8 Å². The van der Waals surface area contributed by atoms with E-state index in [1.165, 1.54) is 30.3 Å². The number of carboxylic acid groups (broad SMARTS) is 1. The molecule has 1 fully saturated rings. The molecule has 0 bridgehead atoms. The summed E-state index contributed by atoms with van der Waals surface area (Å²) >= 11 is 0. The van der Waals surface area contributed by atoms with Gasteiger partial charge >= 0.3 is 5.97 Å². The van der Waals surface area contributed by atoms with Crippen LogP contribution in [0.1, 0.15) is 38.4 Å². The van der Waals surface area contributed by atoms with Crippen LogP contribution >= 0.6 is 0 Å². The highest BCUT2D eigenvalue weighted by Gasteiger charge is 2.28. The lowest BCUT2D eigenvalue weighted by Crippen LogP contribution is -2.43. The Morgan fingerprint density at radius 1 is 1.07 bits per heavy atom. The average Bonchev–Trinajstić information content (AvgIpc) is 2.87. The van der Waals surface area contributed by atoms with Crippen molar-refractivity contribution < 1.29 is 36.9 Å². The van der Waals surface area contributed by atoms with Crippen LogP contribution in [-0.4, -0.2) is 87.5 Å². The molecule has 1 heterocycles. The van der Waals surface area contributed by atoms with Gasteiger partial charge in [-0.3, -0.25) is 9.52 Å². The monoisotopic (exact) mass is 598 g/mol. The molecule has 0 amide bonds. The molecule has 0 aromatic heterocycles. The summed E-state index contributed by atoms with van der Waals surface area (Å²) in [7, 11) is -7.54. The molecule has 222 valence electrons. The van der Waals surface area contributed by atoms with Gasteiger partial charge in [0.25, 0.3) is 0 Å². The first-order chi connectivity index (χ1) is 18.7. The van der Waals surface area contributed by atoms with Crippen molar-refractivity contribution >= 4 is 37.4 Å². The molecule has 1 aliphatic heterocycles. The first-order valence-electron chi connectivity index (χ1n) is 12.9. The molecule has 2 aromatic carbocycles. The third-order valence-corrected chi connectivity index (χ3v) is 8.93. The number of hydrogen-bond acceptors (Lipinski definition) is 9. The van der Waals surface area contributed by atoms with Crippen molar-refractivity contribution in [3.63, 3.8) is 0 Å². The SMILES string of the molecule is CC(C)CN(CC(=O)O)S(=O)(=O)c1ccc(N2CCC(NC[C@H](O)c3ccc(O)c(NS(C)(=O)=O)c3)CC2)cc1. The van der Waals surface area contributed by atoms with E-state index in [0.717, 1.165) is 29.1 Å². The van der Waals surface area contributed by atoms with E-state index >= 15 is 0 Å². The molecule has 12 nitrogen and oxygen atoms in total. The number of carbonyl (C=O) groups is 1. The molecule has 1 atom stereocenters. The predicted molar refractivity (Wildman–Crippen MR) is 152 cm³/mol. The number of phenolic OH excluding ortho intramolecular Hbond substituents is 1. The zero-order chi connectivity index (χ0) is 29.7. The van der Waals surface area contributed by atoms with Crippen LogP contribution in [-0.2, 0) is 24.8 Å². The molecule has 1 saturated heterocycles. The first-order valence-corrected chi connectivity index (χ1v) is 16.3. The zero-order valence-electron chi connectivity index (χ0n) is 22.8. The van der Waals surface area contributed by atoms with E-state index in [1.807, 2.05) is 13.8 Å². The number of rotatable bonds is 13. The van der Waals surface area contributed by atoms with Crippen molar-refractivity contribution in [2.75, 3.05) is 48.6 Å². The number of piperidine rings is 1. The van der Waals surface area contributed by atoms with Crippen LogP contribution in [0.4, 0.5) is 11.4 Å². The lowest BCUT2D eigenvalue weighted by molar-refractivity contribution is -0.137. The Morgan fingerprint density at radius 2 is 1.70 bits per heavy atom. The number of nitrogens with one attached hydrogen (secondary N) is 2. The van der Waals surface area contributed by atoms with Gasteiger partial charge in [-0.15, -0.1) is 0 Å². The fourth-order valence-electron chi connectivity index (χ4n) is 4.56. The van der Waals surface area contributed by atoms with Crippen molar-refractivity contribution in [2.24, 2.45) is 5.92 Å². The highest BCUT2D eigenvalue weighted by Crippen LogP contribution is 2.28. The summed E-state index contributed by atoms with van der Waals surface area (Å²) in [5, 5.41) is 33.0. The smallest absolute Gasteiger partial charge is 0.318 e. The standard InChI is InChI=1S/C26H38N4O8S2/c1-18(2)16-30(17-26(33)34)40(37,38)22-7-5-21(6-8-22)29-12-10-20(11-13-29)27-15-25(32)19-4-9-24(31)23(14-19)28-39(3,35)36/h4-9,14,18,20,25,27-28,31-32H,10-13,15-17H2,1-3H3,(H,33,34)/t25-/m0/s1. The molecule has 5 N–H and O–H groups in total. The molecule has 0 aliphatic carbocycles. The van der Waals surface area contributed by atoms with E-state index in [0.29, 0.717) is 18.7 Å². The lowest BCUT2D eigenvalue weighted by atomic mass is 10.0. The van der Waals surface area contributed by atoms with Crippen LogP contribution in [0.5, 0.6) is 5.75 Å². The van der Waals surface area contributed by atoms with Crippen molar-refractivity contribution in [1.29, 1.82) is 0 Å². The number of nitrogens with zero attached hydrogens (tertiary/aromatic N) is 2. The minimum absolute atomic E-state index is 0.000641. The summed E-state index contributed by atoms with van der Waals surface area (Å²) in [5.74, 6) is -1.47. The van der Waals surface area contributed by atoms with E-state index < -0.39 is 38.7 Å². The van der Waals surface area contributed by atoms with Crippen LogP contribution in [0.25, 0.3) is 0 Å². The van der Waals surface area contributed by atoms with Gasteiger partial charge in [-0.1, -0.05) is 19.9 Å². The number of aliphatic hydroxyl groups excluding tert-OH is 1. The fourth-order valence-corrected chi connectivity index (χ4v) is 6.68. The number of aliphatic hydroxyl groups is 1. The molecule has 0 radical (unpaired) electrons. The van der Waals surface area contributed by atoms with Gasteiger partial charge in [-0.05, 0) is 60.7 Å². The highest BCUT2D eigenvalue weighted by atomic mass is 32.2. The number of phenols is 1. The third kappa shape index (κ3) is 8.80. The van der Waals surface area contributed by atoms with Gasteiger partial charge in [0.2, 0.25) is 20.0 Å². The highest BCUT2D eigenvalue weighted by molar-refractivity contribution is 7.92. The minimum Gasteiger partial charge on any atom is -0.506 e. The largest absolute Gasteiger partial charge is 0.506 e. The quantitative estimate of drug-likeness (QED) is 0.214.